The molecule has 5 rings (SSSR count). The summed E-state index contributed by atoms with van der Waals surface area (Å²) in [5.74, 6) is -1.83. The molecule has 0 radical (unpaired) electrons. The molecule has 0 saturated heterocycles. The van der Waals surface area contributed by atoms with E-state index in [1.807, 2.05) is 39.8 Å². The van der Waals surface area contributed by atoms with Gasteiger partial charge in [-0.1, -0.05) is 18.2 Å². The summed E-state index contributed by atoms with van der Waals surface area (Å²) in [6, 6.07) is 6.84. The molecule has 3 heterocycles. The highest BCUT2D eigenvalue weighted by molar-refractivity contribution is 8.22. The predicted molar refractivity (Wildman–Crippen MR) is 164 cm³/mol. The molecule has 1 aliphatic heterocycles. The molecule has 238 valence electrons. The maximum atomic E-state index is 13.4. The van der Waals surface area contributed by atoms with E-state index in [2.05, 4.69) is 10.3 Å². The highest BCUT2D eigenvalue weighted by Crippen LogP contribution is 2.57. The van der Waals surface area contributed by atoms with Crippen LogP contribution in [-0.2, 0) is 30.5 Å². The van der Waals surface area contributed by atoms with E-state index in [0.29, 0.717) is 22.8 Å². The molecule has 0 amide bonds. The van der Waals surface area contributed by atoms with Gasteiger partial charge in [0.25, 0.3) is 0 Å². The van der Waals surface area contributed by atoms with Gasteiger partial charge in [0, 0.05) is 18.0 Å². The van der Waals surface area contributed by atoms with Crippen LogP contribution in [0.5, 0.6) is 0 Å². The van der Waals surface area contributed by atoms with E-state index in [1.54, 1.807) is 18.5 Å². The molecule has 2 atom stereocenters. The fraction of sp³-hybridized carbons (Fsp3) is 0.467. The van der Waals surface area contributed by atoms with Crippen molar-refractivity contribution >= 4 is 39.1 Å². The molecule has 2 unspecified atom stereocenters. The minimum absolute atomic E-state index is 0.0263. The van der Waals surface area contributed by atoms with Gasteiger partial charge >= 0.3 is 12.1 Å². The number of fused-ring (bicyclic) bond motifs is 2. The lowest BCUT2D eigenvalue weighted by molar-refractivity contribution is -0.147. The predicted octanol–water partition coefficient (Wildman–Crippen LogP) is 7.50. The quantitative estimate of drug-likeness (QED) is 0.188. The third kappa shape index (κ3) is 5.62. The molecule has 2 aromatic carbocycles. The van der Waals surface area contributed by atoms with Gasteiger partial charge in [-0.05, 0) is 87.9 Å². The molecule has 1 aliphatic rings. The smallest absolute Gasteiger partial charge is 0.416 e. The van der Waals surface area contributed by atoms with Crippen LogP contribution in [0.3, 0.4) is 0 Å². The molecule has 4 aromatic rings. The van der Waals surface area contributed by atoms with Crippen LogP contribution in [0.15, 0.2) is 35.2 Å². The lowest BCUT2D eigenvalue weighted by Gasteiger charge is -2.42. The summed E-state index contributed by atoms with van der Waals surface area (Å²) in [7, 11) is -3.65. The Labute approximate surface area is 259 Å². The Balaban J connectivity index is 1.56. The monoisotopic (exact) mass is 651 g/mol. The van der Waals surface area contributed by atoms with Crippen molar-refractivity contribution in [2.45, 2.75) is 78.0 Å². The third-order valence-corrected chi connectivity index (χ3v) is 11.5. The number of alkyl halides is 3. The molecule has 2 aromatic heterocycles. The molecular formula is C30H36F3N5O4S2. The van der Waals surface area contributed by atoms with Crippen molar-refractivity contribution in [1.29, 1.82) is 0 Å². The fourth-order valence-electron chi connectivity index (χ4n) is 5.94. The Kier molecular flexibility index (Phi) is 8.38. The SMILES string of the molecule is CCn1nnc2c(C)c(C(c3nc(CN4CC(C)Cc5cc(C(F)(F)F)ccc5S4(O)O)c(C)s3)C(C)(C)C(=O)O)ccc21. The molecule has 0 aliphatic carbocycles. The van der Waals surface area contributed by atoms with Crippen molar-refractivity contribution in [2.75, 3.05) is 6.54 Å². The van der Waals surface area contributed by atoms with E-state index in [0.717, 1.165) is 39.7 Å². The van der Waals surface area contributed by atoms with Crippen LogP contribution in [0.4, 0.5) is 13.2 Å². The first-order valence-electron chi connectivity index (χ1n) is 14.2. The molecule has 0 spiro atoms. The normalized spacial score (nSPS) is 19.0. The average molecular weight is 652 g/mol. The summed E-state index contributed by atoms with van der Waals surface area (Å²) < 4.78 is 66.4. The molecule has 9 nitrogen and oxygen atoms in total. The highest BCUT2D eigenvalue weighted by Gasteiger charge is 2.43. The molecule has 0 bridgehead atoms. The summed E-state index contributed by atoms with van der Waals surface area (Å²) in [6.07, 6.45) is -4.29. The van der Waals surface area contributed by atoms with Crippen LogP contribution in [0.25, 0.3) is 11.0 Å². The zero-order valence-electron chi connectivity index (χ0n) is 25.3. The maximum absolute atomic E-state index is 13.4. The number of carbonyl (C=O) groups is 1. The van der Waals surface area contributed by atoms with E-state index in [9.17, 15) is 32.2 Å². The van der Waals surface area contributed by atoms with Gasteiger partial charge in [-0.25, -0.2) is 9.67 Å². The number of carboxylic acids is 1. The lowest BCUT2D eigenvalue weighted by Crippen LogP contribution is -2.33. The number of carboxylic acid groups (broad SMARTS) is 1. The number of hydrogen-bond donors (Lipinski definition) is 3. The van der Waals surface area contributed by atoms with E-state index < -0.39 is 39.8 Å². The summed E-state index contributed by atoms with van der Waals surface area (Å²) >= 11 is 1.35. The first kappa shape index (κ1) is 32.4. The molecule has 44 heavy (non-hydrogen) atoms. The minimum atomic E-state index is -4.54. The van der Waals surface area contributed by atoms with Crippen molar-refractivity contribution in [3.63, 3.8) is 0 Å². The van der Waals surface area contributed by atoms with E-state index in [4.69, 9.17) is 4.98 Å². The van der Waals surface area contributed by atoms with Gasteiger partial charge in [0.05, 0.1) is 39.5 Å². The molecule has 0 saturated carbocycles. The number of aliphatic carboxylic acids is 1. The number of aromatic nitrogens is 4. The second-order valence-electron chi connectivity index (χ2n) is 12.0. The number of nitrogens with zero attached hydrogens (tertiary/aromatic N) is 5. The first-order valence-corrected chi connectivity index (χ1v) is 16.5. The summed E-state index contributed by atoms with van der Waals surface area (Å²) in [4.78, 5) is 18.4. The van der Waals surface area contributed by atoms with Crippen LogP contribution in [0, 0.1) is 25.2 Å². The van der Waals surface area contributed by atoms with Gasteiger partial charge in [-0.15, -0.1) is 27.2 Å². The van der Waals surface area contributed by atoms with Crippen molar-refractivity contribution in [3.05, 3.63) is 68.2 Å². The Morgan fingerprint density at radius 3 is 2.52 bits per heavy atom. The second-order valence-corrected chi connectivity index (χ2v) is 15.3. The Bertz CT molecular complexity index is 1730. The topological polar surface area (TPSA) is 125 Å². The standard InChI is InChI=1S/C30H36F3N5O4S2/c1-7-38-23-10-9-21(17(3)26(23)35-36-38)25(29(5,6)28(39)40)27-34-22(18(4)43-27)15-37-14-16(2)12-19-13-20(30(31,32)33)8-11-24(19)44(37,41)42/h8-11,13,16,25,41-42H,7,12,14-15H2,1-6H3,(H,39,40). The van der Waals surface area contributed by atoms with Gasteiger partial charge in [0.1, 0.15) is 10.5 Å². The largest absolute Gasteiger partial charge is 0.481 e. The first-order chi connectivity index (χ1) is 20.5. The second kappa shape index (κ2) is 11.4. The van der Waals surface area contributed by atoms with Gasteiger partial charge in [-0.2, -0.15) is 17.5 Å². The summed E-state index contributed by atoms with van der Waals surface area (Å²) in [6.45, 7) is 11.8. The Hall–Kier alpha value is -3.04. The molecule has 14 heteroatoms. The van der Waals surface area contributed by atoms with Crippen LogP contribution < -0.4 is 0 Å². The zero-order valence-corrected chi connectivity index (χ0v) is 26.9. The summed E-state index contributed by atoms with van der Waals surface area (Å²) in [5.41, 5.74) is 1.81. The zero-order chi connectivity index (χ0) is 32.4. The van der Waals surface area contributed by atoms with Crippen LogP contribution in [0.2, 0.25) is 0 Å². The van der Waals surface area contributed by atoms with Crippen molar-refractivity contribution in [2.24, 2.45) is 11.3 Å². The number of benzene rings is 2. The van der Waals surface area contributed by atoms with E-state index in [1.165, 1.54) is 15.6 Å². The number of thiazole rings is 1. The highest BCUT2D eigenvalue weighted by atomic mass is 32.3. The van der Waals surface area contributed by atoms with Crippen LogP contribution in [0.1, 0.15) is 71.4 Å². The van der Waals surface area contributed by atoms with E-state index in [-0.39, 0.29) is 35.9 Å². The van der Waals surface area contributed by atoms with Crippen LogP contribution >= 0.6 is 22.1 Å². The maximum Gasteiger partial charge on any atom is 0.416 e. The van der Waals surface area contributed by atoms with Gasteiger partial charge in [0.15, 0.2) is 0 Å². The van der Waals surface area contributed by atoms with Crippen molar-refractivity contribution in [3.8, 4) is 0 Å². The van der Waals surface area contributed by atoms with E-state index >= 15 is 0 Å². The van der Waals surface area contributed by atoms with Crippen LogP contribution in [-0.4, -0.2) is 51.0 Å². The van der Waals surface area contributed by atoms with Gasteiger partial charge in [-0.3, -0.25) is 13.9 Å². The average Bonchev–Trinajstić information content (AvgIpc) is 3.49. The van der Waals surface area contributed by atoms with Crippen molar-refractivity contribution < 1.29 is 32.2 Å². The number of halogens is 3. The lowest BCUT2D eigenvalue weighted by atomic mass is 9.74. The Morgan fingerprint density at radius 1 is 1.18 bits per heavy atom. The summed E-state index contributed by atoms with van der Waals surface area (Å²) in [5, 5.41) is 19.4. The van der Waals surface area contributed by atoms with Gasteiger partial charge < -0.3 is 5.11 Å². The molecule has 3 N–H and O–H groups in total. The fourth-order valence-corrected chi connectivity index (χ4v) is 8.96. The van der Waals surface area contributed by atoms with Crippen molar-refractivity contribution in [1.82, 2.24) is 24.3 Å². The molecular weight excluding hydrogens is 615 g/mol. The van der Waals surface area contributed by atoms with Gasteiger partial charge in [0.2, 0.25) is 0 Å². The molecule has 0 fully saturated rings. The number of aryl methyl sites for hydroxylation is 3. The third-order valence-electron chi connectivity index (χ3n) is 8.47. The number of rotatable bonds is 7. The number of hydrogen-bond acceptors (Lipinski definition) is 8. The Morgan fingerprint density at radius 2 is 1.89 bits per heavy atom. The minimum Gasteiger partial charge on any atom is -0.481 e.